The molecule has 4 aliphatic rings. The number of aliphatic imine (C=N–C) groups is 1. The third-order valence-electron chi connectivity index (χ3n) is 15.1. The van der Waals surface area contributed by atoms with Crippen LogP contribution in [0.25, 0.3) is 10.9 Å². The number of carbonyl (C=O) groups excluding carboxylic acids is 8. The summed E-state index contributed by atoms with van der Waals surface area (Å²) in [7, 11) is -2.01. The van der Waals surface area contributed by atoms with Crippen molar-refractivity contribution in [1.29, 1.82) is 0 Å². The number of nitrogens with one attached hydrogen (secondary N) is 6. The van der Waals surface area contributed by atoms with E-state index in [1.54, 1.807) is 45.2 Å². The number of aromatic nitrogens is 1. The second kappa shape index (κ2) is 27.1. The van der Waals surface area contributed by atoms with Crippen LogP contribution in [0.2, 0.25) is 0 Å². The van der Waals surface area contributed by atoms with Crippen LogP contribution in [0.5, 0.6) is 5.75 Å². The first-order chi connectivity index (χ1) is 39.0. The van der Waals surface area contributed by atoms with Gasteiger partial charge in [0.05, 0.1) is 43.3 Å². The second-order valence-corrected chi connectivity index (χ2v) is 23.2. The summed E-state index contributed by atoms with van der Waals surface area (Å²) in [6, 6.07) is 11.2. The first-order valence-electron chi connectivity index (χ1n) is 27.5. The highest BCUT2D eigenvalue weighted by atomic mass is 32.2. The number of hydrogen-bond donors (Lipinski definition) is 7. The van der Waals surface area contributed by atoms with E-state index in [-0.39, 0.29) is 61.3 Å². The number of fused-ring (bicyclic) bond motifs is 21. The highest BCUT2D eigenvalue weighted by molar-refractivity contribution is 7.90. The average Bonchev–Trinajstić information content (AvgIpc) is 4.14. The average molecular weight is 1150 g/mol. The largest absolute Gasteiger partial charge is 0.487 e. The number of carbonyl (C=O) groups is 8. The van der Waals surface area contributed by atoms with E-state index in [2.05, 4.69) is 41.3 Å². The quantitative estimate of drug-likeness (QED) is 0.0351. The maximum Gasteiger partial charge on any atom is 0.328 e. The van der Waals surface area contributed by atoms with Crippen LogP contribution in [0.4, 0.5) is 5.69 Å². The molecule has 2 bridgehead atoms. The lowest BCUT2D eigenvalue weighted by Gasteiger charge is -2.26. The zero-order valence-corrected chi connectivity index (χ0v) is 48.2. The molecule has 1 unspecified atom stereocenters. The van der Waals surface area contributed by atoms with E-state index in [9.17, 15) is 46.8 Å². The standard InChI is InChI=1S/C58H74N10O13S/c1-33-34(2)52(35(3)40-31-58(4,5)81-51(33)40)82(77,78)67-57(59)61-26-12-18-42-53(73)62-32-47(70)64-43(30-49(72)79-6)54(74)66-44(56(76)80-7)28-36-21-23-37(24-22-36)39(14-8-9-20-48(71)68-27-13-19-45(68)55(75)65-42)29-46(69)63-41-17-10-15-38-16-11-25-60-50(38)41/h10-11,15-17,21-25,39,42-45H,8-9,12-14,18-20,26-32H2,1-7H3,(H,62,73)(H,63,69)(H,64,70)(H,65,75)(H,66,74)(H3,59,61,67)/t39?,42-,43-,44-,45-/m0/s1. The number of nitrogens with two attached hydrogens (primary N) is 1. The van der Waals surface area contributed by atoms with Gasteiger partial charge in [0.15, 0.2) is 0 Å². The molecule has 23 nitrogen and oxygen atoms in total. The number of amides is 6. The van der Waals surface area contributed by atoms with E-state index in [0.29, 0.717) is 84.3 Å². The Morgan fingerprint density at radius 2 is 1.60 bits per heavy atom. The summed E-state index contributed by atoms with van der Waals surface area (Å²) in [5.41, 5.74) is 10.7. The molecule has 1 aromatic heterocycles. The Morgan fingerprint density at radius 1 is 0.854 bits per heavy atom. The number of sulfonamides is 1. The van der Waals surface area contributed by atoms with E-state index >= 15 is 0 Å². The number of benzene rings is 3. The van der Waals surface area contributed by atoms with Gasteiger partial charge in [-0.2, -0.15) is 0 Å². The van der Waals surface area contributed by atoms with Gasteiger partial charge >= 0.3 is 11.9 Å². The maximum atomic E-state index is 14.2. The maximum absolute atomic E-state index is 14.2. The topological polar surface area (TPSA) is 325 Å². The molecule has 8 rings (SSSR count). The molecule has 8 N–H and O–H groups in total. The molecule has 24 heteroatoms. The molecule has 5 heterocycles. The van der Waals surface area contributed by atoms with Crippen molar-refractivity contribution in [1.82, 2.24) is 35.9 Å². The lowest BCUT2D eigenvalue weighted by molar-refractivity contribution is -0.146. The molecule has 4 aromatic rings. The molecule has 5 atom stereocenters. The van der Waals surface area contributed by atoms with E-state index < -0.39 is 94.3 Å². The van der Waals surface area contributed by atoms with Crippen molar-refractivity contribution in [2.75, 3.05) is 39.2 Å². The van der Waals surface area contributed by atoms with Crippen molar-refractivity contribution in [2.24, 2.45) is 10.7 Å². The molecule has 1 saturated heterocycles. The fraction of sp³-hybridized carbons (Fsp3) is 0.483. The van der Waals surface area contributed by atoms with Gasteiger partial charge in [0, 0.05) is 55.9 Å². The van der Waals surface area contributed by atoms with Gasteiger partial charge in [-0.25, -0.2) is 17.9 Å². The van der Waals surface area contributed by atoms with E-state index in [4.69, 9.17) is 19.9 Å². The highest BCUT2D eigenvalue weighted by Gasteiger charge is 2.38. The molecule has 4 aliphatic heterocycles. The van der Waals surface area contributed by atoms with Gasteiger partial charge in [0.2, 0.25) is 41.4 Å². The number of ether oxygens (including phenoxy) is 3. The van der Waals surface area contributed by atoms with Crippen LogP contribution in [0.3, 0.4) is 0 Å². The van der Waals surface area contributed by atoms with Gasteiger partial charge in [-0.1, -0.05) is 48.9 Å². The number of nitrogens with zero attached hydrogens (tertiary/aromatic N) is 3. The van der Waals surface area contributed by atoms with Crippen molar-refractivity contribution in [3.63, 3.8) is 0 Å². The van der Waals surface area contributed by atoms with Crippen molar-refractivity contribution in [3.8, 4) is 5.75 Å². The molecule has 1 fully saturated rings. The van der Waals surface area contributed by atoms with Gasteiger partial charge < -0.3 is 51.4 Å². The van der Waals surface area contributed by atoms with Crippen LogP contribution < -0.4 is 41.8 Å². The van der Waals surface area contributed by atoms with E-state index in [0.717, 1.165) is 30.7 Å². The Balaban J connectivity index is 1.10. The summed E-state index contributed by atoms with van der Waals surface area (Å²) in [6.07, 6.45) is 3.83. The van der Waals surface area contributed by atoms with Crippen LogP contribution in [0, 0.1) is 20.8 Å². The van der Waals surface area contributed by atoms with Gasteiger partial charge in [-0.05, 0) is 119 Å². The summed E-state index contributed by atoms with van der Waals surface area (Å²) in [6.45, 7) is 8.51. The van der Waals surface area contributed by atoms with Crippen LogP contribution >= 0.6 is 0 Å². The van der Waals surface area contributed by atoms with E-state index in [1.165, 1.54) is 4.90 Å². The SMILES string of the molecule is COC(=O)C[C@@H]1NC(=O)CNC(=O)[C@H](CCCN=C(N)NS(=O)(=O)c2c(C)c(C)c3c(c2C)CC(C)(C)O3)NC(=O)[C@@H]2CCCN2C(=O)CCCCC(CC(=O)Nc2cccc3cccnc23)c2ccc(cc2)C[C@@H](C(=O)OC)NC1=O. The highest BCUT2D eigenvalue weighted by Crippen LogP contribution is 2.44. The molecule has 0 aliphatic carbocycles. The number of methoxy groups -OCH3 is 2. The molecule has 0 saturated carbocycles. The number of anilines is 1. The molecular weight excluding hydrogens is 1080 g/mol. The molecule has 82 heavy (non-hydrogen) atoms. The number of rotatable bonds is 12. The van der Waals surface area contributed by atoms with Crippen LogP contribution in [0.15, 0.2) is 70.7 Å². The molecule has 0 spiro atoms. The Hall–Kier alpha value is -8.15. The first kappa shape index (κ1) is 61.5. The summed E-state index contributed by atoms with van der Waals surface area (Å²) in [4.78, 5) is 119. The number of pyridine rings is 1. The monoisotopic (exact) mass is 1150 g/mol. The number of hydrogen-bond acceptors (Lipinski definition) is 15. The van der Waals surface area contributed by atoms with Crippen molar-refractivity contribution in [3.05, 3.63) is 94.2 Å². The van der Waals surface area contributed by atoms with Crippen molar-refractivity contribution >= 4 is 80.0 Å². The Kier molecular flexibility index (Phi) is 20.3. The summed E-state index contributed by atoms with van der Waals surface area (Å²) < 4.78 is 46.1. The lowest BCUT2D eigenvalue weighted by atomic mass is 9.89. The zero-order valence-electron chi connectivity index (χ0n) is 47.4. The Labute approximate surface area is 477 Å². The molecule has 6 amide bonds. The number of esters is 2. The Bertz CT molecular complexity index is 3230. The van der Waals surface area contributed by atoms with Crippen molar-refractivity contribution in [2.45, 2.75) is 152 Å². The van der Waals surface area contributed by atoms with Gasteiger partial charge in [0.1, 0.15) is 35.5 Å². The van der Waals surface area contributed by atoms with Crippen LogP contribution in [-0.2, 0) is 70.7 Å². The molecule has 440 valence electrons. The third-order valence-corrected chi connectivity index (χ3v) is 16.8. The minimum Gasteiger partial charge on any atom is -0.487 e. The van der Waals surface area contributed by atoms with Crippen LogP contribution in [0.1, 0.15) is 117 Å². The predicted octanol–water partition coefficient (Wildman–Crippen LogP) is 3.47. The van der Waals surface area contributed by atoms with Gasteiger partial charge in [0.25, 0.3) is 10.0 Å². The van der Waals surface area contributed by atoms with E-state index in [1.807, 2.05) is 50.2 Å². The Morgan fingerprint density at radius 3 is 2.33 bits per heavy atom. The summed E-state index contributed by atoms with van der Waals surface area (Å²) in [5.74, 6) is -5.63. The third kappa shape index (κ3) is 15.4. The summed E-state index contributed by atoms with van der Waals surface area (Å²) >= 11 is 0. The smallest absolute Gasteiger partial charge is 0.328 e. The summed E-state index contributed by atoms with van der Waals surface area (Å²) in [5, 5.41) is 14.1. The molecule has 0 radical (unpaired) electrons. The van der Waals surface area contributed by atoms with Crippen molar-refractivity contribution < 1.29 is 61.0 Å². The first-order valence-corrected chi connectivity index (χ1v) is 29.0. The number of guanidine groups is 1. The minimum atomic E-state index is -4.24. The predicted molar refractivity (Wildman–Crippen MR) is 304 cm³/mol. The van der Waals surface area contributed by atoms with Crippen LogP contribution in [-0.4, -0.2) is 135 Å². The fourth-order valence-corrected chi connectivity index (χ4v) is 12.4. The lowest BCUT2D eigenvalue weighted by Crippen LogP contribution is -2.56. The second-order valence-electron chi connectivity index (χ2n) is 21.6. The molecule has 3 aromatic carbocycles. The minimum absolute atomic E-state index is 0.0609. The van der Waals surface area contributed by atoms with Gasteiger partial charge in [-0.3, -0.25) is 43.5 Å². The molecular formula is C58H74N10O13S. The fourth-order valence-electron chi connectivity index (χ4n) is 10.8. The van der Waals surface area contributed by atoms with Gasteiger partial charge in [-0.15, -0.1) is 0 Å². The number of para-hydroxylation sites is 1. The normalized spacial score (nSPS) is 21.3. The zero-order chi connectivity index (χ0) is 59.5.